The lowest BCUT2D eigenvalue weighted by molar-refractivity contribution is 0.627. The molecule has 0 fully saturated rings. The van der Waals surface area contributed by atoms with Gasteiger partial charge in [-0.1, -0.05) is 0 Å². The SMILES string of the molecule is CNc1nc(C)nc(Nc2ccc(F)cc2I)c1C. The van der Waals surface area contributed by atoms with E-state index in [9.17, 15) is 4.39 Å². The standard InChI is InChI=1S/C13H14FIN4/c1-7-12(16-3)17-8(2)18-13(7)19-11-5-4-9(14)6-10(11)15/h4-6H,1-3H3,(H2,16,17,18,19). The van der Waals surface area contributed by atoms with Gasteiger partial charge in [-0.2, -0.15) is 0 Å². The minimum Gasteiger partial charge on any atom is -0.373 e. The van der Waals surface area contributed by atoms with Crippen LogP contribution in [0.15, 0.2) is 18.2 Å². The molecule has 0 aliphatic heterocycles. The molecule has 0 spiro atoms. The van der Waals surface area contributed by atoms with E-state index in [0.717, 1.165) is 26.5 Å². The van der Waals surface area contributed by atoms with Crippen LogP contribution in [0.25, 0.3) is 0 Å². The molecule has 2 rings (SSSR count). The van der Waals surface area contributed by atoms with Crippen LogP contribution in [-0.4, -0.2) is 17.0 Å². The molecule has 0 unspecified atom stereocenters. The molecular weight excluding hydrogens is 358 g/mol. The van der Waals surface area contributed by atoms with Crippen LogP contribution in [0.5, 0.6) is 0 Å². The molecule has 2 aromatic rings. The molecule has 0 amide bonds. The van der Waals surface area contributed by atoms with Crippen molar-refractivity contribution in [3.63, 3.8) is 0 Å². The number of benzene rings is 1. The quantitative estimate of drug-likeness (QED) is 0.809. The summed E-state index contributed by atoms with van der Waals surface area (Å²) in [7, 11) is 1.82. The molecule has 1 heterocycles. The summed E-state index contributed by atoms with van der Waals surface area (Å²) in [5.74, 6) is 1.93. The summed E-state index contributed by atoms with van der Waals surface area (Å²) >= 11 is 2.09. The van der Waals surface area contributed by atoms with E-state index < -0.39 is 0 Å². The van der Waals surface area contributed by atoms with E-state index in [4.69, 9.17) is 0 Å². The van der Waals surface area contributed by atoms with Gasteiger partial charge >= 0.3 is 0 Å². The number of nitrogens with zero attached hydrogens (tertiary/aromatic N) is 2. The predicted octanol–water partition coefficient (Wildman–Crippen LogP) is 3.62. The molecule has 0 saturated carbocycles. The van der Waals surface area contributed by atoms with Crippen molar-refractivity contribution in [2.75, 3.05) is 17.7 Å². The Morgan fingerprint density at radius 3 is 2.47 bits per heavy atom. The number of rotatable bonds is 3. The lowest BCUT2D eigenvalue weighted by atomic mass is 10.2. The number of anilines is 3. The Labute approximate surface area is 125 Å². The van der Waals surface area contributed by atoms with Crippen molar-refractivity contribution in [2.24, 2.45) is 0 Å². The van der Waals surface area contributed by atoms with Gasteiger partial charge in [0.25, 0.3) is 0 Å². The zero-order valence-electron chi connectivity index (χ0n) is 10.9. The van der Waals surface area contributed by atoms with Crippen LogP contribution in [0.2, 0.25) is 0 Å². The lowest BCUT2D eigenvalue weighted by Gasteiger charge is -2.13. The van der Waals surface area contributed by atoms with Gasteiger partial charge in [-0.3, -0.25) is 0 Å². The maximum Gasteiger partial charge on any atom is 0.139 e. The fourth-order valence-electron chi connectivity index (χ4n) is 1.71. The topological polar surface area (TPSA) is 49.8 Å². The number of nitrogens with one attached hydrogen (secondary N) is 2. The van der Waals surface area contributed by atoms with Crippen LogP contribution < -0.4 is 10.6 Å². The highest BCUT2D eigenvalue weighted by molar-refractivity contribution is 14.1. The Morgan fingerprint density at radius 2 is 1.84 bits per heavy atom. The maximum atomic E-state index is 13.1. The summed E-state index contributed by atoms with van der Waals surface area (Å²) in [6.45, 7) is 3.77. The smallest absolute Gasteiger partial charge is 0.139 e. The summed E-state index contributed by atoms with van der Waals surface area (Å²) in [6.07, 6.45) is 0. The lowest BCUT2D eigenvalue weighted by Crippen LogP contribution is -2.05. The number of aryl methyl sites for hydroxylation is 1. The van der Waals surface area contributed by atoms with Crippen LogP contribution >= 0.6 is 22.6 Å². The average Bonchev–Trinajstić information content (AvgIpc) is 2.36. The second kappa shape index (κ2) is 5.68. The molecule has 6 heteroatoms. The molecular formula is C13H14FIN4. The van der Waals surface area contributed by atoms with E-state index in [0.29, 0.717) is 5.82 Å². The van der Waals surface area contributed by atoms with E-state index in [1.54, 1.807) is 6.07 Å². The van der Waals surface area contributed by atoms with Crippen molar-refractivity contribution in [2.45, 2.75) is 13.8 Å². The minimum absolute atomic E-state index is 0.249. The molecule has 100 valence electrons. The maximum absolute atomic E-state index is 13.1. The van der Waals surface area contributed by atoms with E-state index in [1.165, 1.54) is 12.1 Å². The Kier molecular flexibility index (Phi) is 4.18. The van der Waals surface area contributed by atoms with Crippen molar-refractivity contribution >= 4 is 39.9 Å². The highest BCUT2D eigenvalue weighted by Gasteiger charge is 2.10. The predicted molar refractivity (Wildman–Crippen MR) is 83.5 cm³/mol. The molecule has 1 aromatic heterocycles. The molecule has 0 aliphatic rings. The summed E-state index contributed by atoms with van der Waals surface area (Å²) in [6, 6.07) is 4.60. The molecule has 0 saturated heterocycles. The van der Waals surface area contributed by atoms with Crippen LogP contribution in [-0.2, 0) is 0 Å². The zero-order chi connectivity index (χ0) is 14.0. The van der Waals surface area contributed by atoms with Gasteiger partial charge in [-0.25, -0.2) is 14.4 Å². The van der Waals surface area contributed by atoms with Gasteiger partial charge in [0.2, 0.25) is 0 Å². The molecule has 0 aliphatic carbocycles. The molecule has 19 heavy (non-hydrogen) atoms. The van der Waals surface area contributed by atoms with Gasteiger partial charge in [-0.15, -0.1) is 0 Å². The number of aromatic nitrogens is 2. The number of halogens is 2. The summed E-state index contributed by atoms with van der Waals surface area (Å²) < 4.78 is 13.9. The Balaban J connectivity index is 2.40. The molecule has 0 atom stereocenters. The van der Waals surface area contributed by atoms with Gasteiger partial charge in [0, 0.05) is 16.2 Å². The highest BCUT2D eigenvalue weighted by Crippen LogP contribution is 2.26. The van der Waals surface area contributed by atoms with Crippen LogP contribution in [0.1, 0.15) is 11.4 Å². The molecule has 0 radical (unpaired) electrons. The second-order valence-corrected chi connectivity index (χ2v) is 5.25. The third kappa shape index (κ3) is 3.12. The fourth-order valence-corrected chi connectivity index (χ4v) is 2.32. The summed E-state index contributed by atoms with van der Waals surface area (Å²) in [5.41, 5.74) is 1.75. The third-order valence-electron chi connectivity index (χ3n) is 2.68. The summed E-state index contributed by atoms with van der Waals surface area (Å²) in [4.78, 5) is 8.69. The van der Waals surface area contributed by atoms with Crippen molar-refractivity contribution in [3.05, 3.63) is 39.0 Å². The zero-order valence-corrected chi connectivity index (χ0v) is 13.0. The second-order valence-electron chi connectivity index (χ2n) is 4.09. The Morgan fingerprint density at radius 1 is 1.16 bits per heavy atom. The largest absolute Gasteiger partial charge is 0.373 e. The van der Waals surface area contributed by atoms with Gasteiger partial charge in [-0.05, 0) is 54.6 Å². The van der Waals surface area contributed by atoms with Crippen molar-refractivity contribution < 1.29 is 4.39 Å². The van der Waals surface area contributed by atoms with Crippen molar-refractivity contribution in [1.29, 1.82) is 0 Å². The first kappa shape index (κ1) is 14.0. The van der Waals surface area contributed by atoms with Crippen LogP contribution in [0, 0.1) is 23.2 Å². The van der Waals surface area contributed by atoms with Gasteiger partial charge in [0.05, 0.1) is 5.69 Å². The van der Waals surface area contributed by atoms with Crippen molar-refractivity contribution in [3.8, 4) is 0 Å². The Bertz CT molecular complexity index is 616. The first-order chi connectivity index (χ1) is 9.01. The third-order valence-corrected chi connectivity index (χ3v) is 3.57. The van der Waals surface area contributed by atoms with E-state index >= 15 is 0 Å². The average molecular weight is 372 g/mol. The van der Waals surface area contributed by atoms with Crippen LogP contribution in [0.3, 0.4) is 0 Å². The van der Waals surface area contributed by atoms with Gasteiger partial charge < -0.3 is 10.6 Å². The monoisotopic (exact) mass is 372 g/mol. The van der Waals surface area contributed by atoms with E-state index in [-0.39, 0.29) is 5.82 Å². The van der Waals surface area contributed by atoms with Crippen molar-refractivity contribution in [1.82, 2.24) is 9.97 Å². The first-order valence-electron chi connectivity index (χ1n) is 5.76. The summed E-state index contributed by atoms with van der Waals surface area (Å²) in [5, 5.41) is 6.25. The first-order valence-corrected chi connectivity index (χ1v) is 6.84. The Hall–Kier alpha value is -1.44. The van der Waals surface area contributed by atoms with E-state index in [1.807, 2.05) is 20.9 Å². The van der Waals surface area contributed by atoms with Gasteiger partial charge in [0.1, 0.15) is 23.3 Å². The minimum atomic E-state index is -0.249. The van der Waals surface area contributed by atoms with Gasteiger partial charge in [0.15, 0.2) is 0 Å². The molecule has 2 N–H and O–H groups in total. The highest BCUT2D eigenvalue weighted by atomic mass is 127. The number of hydrogen-bond donors (Lipinski definition) is 2. The molecule has 1 aromatic carbocycles. The number of hydrogen-bond acceptors (Lipinski definition) is 4. The van der Waals surface area contributed by atoms with Crippen LogP contribution in [0.4, 0.5) is 21.7 Å². The normalized spacial score (nSPS) is 10.4. The van der Waals surface area contributed by atoms with E-state index in [2.05, 4.69) is 43.2 Å². The fraction of sp³-hybridized carbons (Fsp3) is 0.231. The molecule has 4 nitrogen and oxygen atoms in total. The molecule has 0 bridgehead atoms.